The van der Waals surface area contributed by atoms with E-state index < -0.39 is 9.84 Å². The molecule has 1 aliphatic rings. The van der Waals surface area contributed by atoms with Crippen molar-refractivity contribution in [2.45, 2.75) is 9.92 Å². The third-order valence-corrected chi connectivity index (χ3v) is 6.49. The number of oxazole rings is 1. The van der Waals surface area contributed by atoms with E-state index in [2.05, 4.69) is 10.3 Å². The number of anilines is 1. The molecule has 0 saturated heterocycles. The van der Waals surface area contributed by atoms with E-state index in [0.717, 1.165) is 0 Å². The molecule has 0 aliphatic carbocycles. The summed E-state index contributed by atoms with van der Waals surface area (Å²) in [4.78, 5) is 6.33. The van der Waals surface area contributed by atoms with Crippen LogP contribution in [0.1, 0.15) is 0 Å². The number of nitrogens with one attached hydrogen (secondary N) is 1. The maximum atomic E-state index is 13.5. The number of fused-ring (bicyclic) bond motifs is 1. The summed E-state index contributed by atoms with van der Waals surface area (Å²) in [5.74, 6) is 1.12. The largest absolute Gasteiger partial charge is 0.486 e. The molecule has 0 spiro atoms. The van der Waals surface area contributed by atoms with Gasteiger partial charge in [0.15, 0.2) is 11.5 Å². The molecule has 0 amide bonds. The molecule has 164 valence electrons. The Kier molecular flexibility index (Phi) is 6.08. The van der Waals surface area contributed by atoms with Crippen LogP contribution < -0.4 is 14.8 Å². The zero-order chi connectivity index (χ0) is 22.0. The second kappa shape index (κ2) is 8.78. The topological polar surface area (TPSA) is 93.9 Å². The van der Waals surface area contributed by atoms with Gasteiger partial charge in [0.05, 0.1) is 4.90 Å². The Labute approximate surface area is 185 Å². The number of hydrogen-bond donors (Lipinski definition) is 1. The van der Waals surface area contributed by atoms with E-state index in [4.69, 9.17) is 25.5 Å². The molecule has 1 aromatic heterocycles. The summed E-state index contributed by atoms with van der Waals surface area (Å²) in [6, 6.07) is 11.4. The van der Waals surface area contributed by atoms with Crippen LogP contribution in [0.2, 0.25) is 5.02 Å². The summed E-state index contributed by atoms with van der Waals surface area (Å²) in [5, 5.41) is 3.35. The molecule has 8 nitrogen and oxygen atoms in total. The summed E-state index contributed by atoms with van der Waals surface area (Å²) in [5.41, 5.74) is 0.576. The Morgan fingerprint density at radius 1 is 1.10 bits per heavy atom. The minimum Gasteiger partial charge on any atom is -0.486 e. The number of rotatable bonds is 7. The predicted octanol–water partition coefficient (Wildman–Crippen LogP) is 3.57. The third-order valence-electron chi connectivity index (χ3n) is 4.59. The number of sulfone groups is 1. The van der Waals surface area contributed by atoms with Gasteiger partial charge in [-0.25, -0.2) is 8.42 Å². The summed E-state index contributed by atoms with van der Waals surface area (Å²) >= 11 is 6.08. The Morgan fingerprint density at radius 2 is 1.87 bits per heavy atom. The fourth-order valence-corrected chi connectivity index (χ4v) is 4.52. The molecule has 10 heteroatoms. The zero-order valence-corrected chi connectivity index (χ0v) is 18.7. The molecule has 1 N–H and O–H groups in total. The molecular weight excluding hydrogens is 442 g/mol. The maximum Gasteiger partial charge on any atom is 0.233 e. The van der Waals surface area contributed by atoms with E-state index in [1.807, 2.05) is 19.0 Å². The number of nitrogens with zero attached hydrogens (tertiary/aromatic N) is 2. The van der Waals surface area contributed by atoms with Gasteiger partial charge in [0, 0.05) is 29.7 Å². The number of hydrogen-bond acceptors (Lipinski definition) is 8. The molecule has 0 fully saturated rings. The second-order valence-corrected chi connectivity index (χ2v) is 9.50. The Hall–Kier alpha value is -2.75. The highest BCUT2D eigenvalue weighted by Crippen LogP contribution is 2.37. The van der Waals surface area contributed by atoms with Gasteiger partial charge in [-0.2, -0.15) is 4.98 Å². The van der Waals surface area contributed by atoms with Crippen molar-refractivity contribution < 1.29 is 22.3 Å². The molecule has 1 aliphatic heterocycles. The predicted molar refractivity (Wildman–Crippen MR) is 117 cm³/mol. The molecule has 2 heterocycles. The van der Waals surface area contributed by atoms with Gasteiger partial charge < -0.3 is 24.1 Å². The van der Waals surface area contributed by atoms with E-state index >= 15 is 0 Å². The molecule has 0 unspecified atom stereocenters. The summed E-state index contributed by atoms with van der Waals surface area (Å²) in [6.07, 6.45) is 0. The van der Waals surface area contributed by atoms with Gasteiger partial charge in [0.2, 0.25) is 26.6 Å². The first kappa shape index (κ1) is 21.5. The Bertz CT molecular complexity index is 1190. The maximum absolute atomic E-state index is 13.5. The van der Waals surface area contributed by atoms with Crippen LogP contribution in [0.15, 0.2) is 56.8 Å². The summed E-state index contributed by atoms with van der Waals surface area (Å²) < 4.78 is 43.8. The lowest BCUT2D eigenvalue weighted by molar-refractivity contribution is 0.171. The van der Waals surface area contributed by atoms with Gasteiger partial charge in [-0.1, -0.05) is 17.7 Å². The van der Waals surface area contributed by atoms with Crippen molar-refractivity contribution in [2.75, 3.05) is 45.7 Å². The van der Waals surface area contributed by atoms with Crippen LogP contribution >= 0.6 is 11.6 Å². The standard InChI is InChI=1S/C21H22ClN3O5S/c1-25(2)9-8-23-20-21(24-19(30-20)14-4-3-5-15(22)12-14)31(26,27)16-6-7-17-18(13-16)29-11-10-28-17/h3-7,12-13,23H,8-11H2,1-2H3. The monoisotopic (exact) mass is 463 g/mol. The Balaban J connectivity index is 1.75. The average molecular weight is 464 g/mol. The molecule has 0 atom stereocenters. The van der Waals surface area contributed by atoms with Crippen molar-refractivity contribution in [1.82, 2.24) is 9.88 Å². The fourth-order valence-electron chi connectivity index (χ4n) is 3.04. The highest BCUT2D eigenvalue weighted by Gasteiger charge is 2.30. The molecule has 0 saturated carbocycles. The fraction of sp³-hybridized carbons (Fsp3) is 0.286. The van der Waals surface area contributed by atoms with Crippen molar-refractivity contribution in [3.8, 4) is 23.0 Å². The highest BCUT2D eigenvalue weighted by atomic mass is 35.5. The van der Waals surface area contributed by atoms with Crippen LogP contribution in [0, 0.1) is 0 Å². The van der Waals surface area contributed by atoms with Crippen molar-refractivity contribution in [2.24, 2.45) is 0 Å². The number of halogens is 1. The summed E-state index contributed by atoms with van der Waals surface area (Å²) in [6.45, 7) is 1.93. The number of benzene rings is 2. The third kappa shape index (κ3) is 4.63. The molecule has 0 radical (unpaired) electrons. The van der Waals surface area contributed by atoms with Crippen LogP contribution in [-0.4, -0.2) is 58.7 Å². The second-order valence-electron chi connectivity index (χ2n) is 7.20. The van der Waals surface area contributed by atoms with Gasteiger partial charge in [0.1, 0.15) is 13.2 Å². The molecule has 3 aromatic rings. The van der Waals surface area contributed by atoms with Crippen LogP contribution in [0.3, 0.4) is 0 Å². The van der Waals surface area contributed by atoms with Gasteiger partial charge in [-0.15, -0.1) is 0 Å². The van der Waals surface area contributed by atoms with Crippen LogP contribution in [0.5, 0.6) is 11.5 Å². The van der Waals surface area contributed by atoms with E-state index in [0.29, 0.717) is 48.4 Å². The average Bonchev–Trinajstić information content (AvgIpc) is 3.18. The van der Waals surface area contributed by atoms with Gasteiger partial charge in [-0.3, -0.25) is 0 Å². The number of likely N-dealkylation sites (N-methyl/N-ethyl adjacent to an activating group) is 1. The van der Waals surface area contributed by atoms with Crippen LogP contribution in [0.25, 0.3) is 11.5 Å². The van der Waals surface area contributed by atoms with Gasteiger partial charge >= 0.3 is 0 Å². The van der Waals surface area contributed by atoms with Gasteiger partial charge in [-0.05, 0) is 44.4 Å². The lowest BCUT2D eigenvalue weighted by atomic mass is 10.2. The SMILES string of the molecule is CN(C)CCNc1oc(-c2cccc(Cl)c2)nc1S(=O)(=O)c1ccc2c(c1)OCCO2. The van der Waals surface area contributed by atoms with E-state index in [-0.39, 0.29) is 21.7 Å². The van der Waals surface area contributed by atoms with Crippen LogP contribution in [0.4, 0.5) is 5.88 Å². The van der Waals surface area contributed by atoms with Crippen molar-refractivity contribution in [1.29, 1.82) is 0 Å². The smallest absolute Gasteiger partial charge is 0.233 e. The normalized spacial score (nSPS) is 13.4. The molecule has 31 heavy (non-hydrogen) atoms. The first-order chi connectivity index (χ1) is 14.8. The van der Waals surface area contributed by atoms with E-state index in [9.17, 15) is 8.42 Å². The molecule has 0 bridgehead atoms. The lowest BCUT2D eigenvalue weighted by Gasteiger charge is -2.18. The zero-order valence-electron chi connectivity index (χ0n) is 17.1. The lowest BCUT2D eigenvalue weighted by Crippen LogP contribution is -2.21. The quantitative estimate of drug-likeness (QED) is 0.568. The summed E-state index contributed by atoms with van der Waals surface area (Å²) in [7, 11) is -0.155. The van der Waals surface area contributed by atoms with Crippen molar-refractivity contribution >= 4 is 27.3 Å². The van der Waals surface area contributed by atoms with Crippen LogP contribution in [-0.2, 0) is 9.84 Å². The first-order valence-corrected chi connectivity index (χ1v) is 11.5. The van der Waals surface area contributed by atoms with E-state index in [1.165, 1.54) is 12.1 Å². The molecule has 2 aromatic carbocycles. The molecular formula is C21H22ClN3O5S. The van der Waals surface area contributed by atoms with E-state index in [1.54, 1.807) is 30.3 Å². The van der Waals surface area contributed by atoms with Crippen molar-refractivity contribution in [3.05, 3.63) is 47.5 Å². The first-order valence-electron chi connectivity index (χ1n) is 9.65. The van der Waals surface area contributed by atoms with Crippen molar-refractivity contribution in [3.63, 3.8) is 0 Å². The minimum absolute atomic E-state index is 0.0401. The Morgan fingerprint density at radius 3 is 2.61 bits per heavy atom. The minimum atomic E-state index is -4.00. The number of aromatic nitrogens is 1. The van der Waals surface area contributed by atoms with Gasteiger partial charge in [0.25, 0.3) is 0 Å². The number of ether oxygens (including phenoxy) is 2. The highest BCUT2D eigenvalue weighted by molar-refractivity contribution is 7.91. The molecule has 4 rings (SSSR count).